The Bertz CT molecular complexity index is 525. The molecule has 2 rings (SSSR count). The Balaban J connectivity index is 2.11. The topological polar surface area (TPSA) is 12.0 Å². The number of nitrogens with one attached hydrogen (secondary N) is 1. The Hall–Kier alpha value is -0.540. The lowest BCUT2D eigenvalue weighted by Crippen LogP contribution is -2.23. The van der Waals surface area contributed by atoms with Crippen LogP contribution in [0, 0.1) is 0 Å². The van der Waals surface area contributed by atoms with Crippen LogP contribution < -0.4 is 5.32 Å². The van der Waals surface area contributed by atoms with Gasteiger partial charge < -0.3 is 5.32 Å². The molecule has 0 fully saturated rings. The predicted molar refractivity (Wildman–Crippen MR) is 90.1 cm³/mol. The lowest BCUT2D eigenvalue weighted by Gasteiger charge is -2.20. The summed E-state index contributed by atoms with van der Waals surface area (Å²) in [7, 11) is 0. The van der Waals surface area contributed by atoms with E-state index in [1.165, 1.54) is 5.56 Å². The molecule has 0 aliphatic carbocycles. The Morgan fingerprint density at radius 1 is 1.25 bits per heavy atom. The third kappa shape index (κ3) is 4.23. The molecule has 1 aromatic carbocycles. The molecule has 0 aliphatic heterocycles. The van der Waals surface area contributed by atoms with Crippen molar-refractivity contribution in [3.63, 3.8) is 0 Å². The van der Waals surface area contributed by atoms with Gasteiger partial charge in [-0.15, -0.1) is 0 Å². The van der Waals surface area contributed by atoms with E-state index in [4.69, 9.17) is 23.2 Å². The Morgan fingerprint density at radius 2 is 2.10 bits per heavy atom. The number of aryl methyl sites for hydroxylation is 1. The molecule has 2 aromatic rings. The summed E-state index contributed by atoms with van der Waals surface area (Å²) in [5.41, 5.74) is 2.49. The molecule has 0 radical (unpaired) electrons. The molecule has 1 aromatic heterocycles. The zero-order chi connectivity index (χ0) is 14.4. The van der Waals surface area contributed by atoms with Crippen molar-refractivity contribution in [1.29, 1.82) is 0 Å². The molecule has 4 heteroatoms. The van der Waals surface area contributed by atoms with E-state index in [0.29, 0.717) is 10.0 Å². The van der Waals surface area contributed by atoms with E-state index in [-0.39, 0.29) is 6.04 Å². The van der Waals surface area contributed by atoms with Crippen molar-refractivity contribution >= 4 is 34.5 Å². The summed E-state index contributed by atoms with van der Waals surface area (Å²) in [4.78, 5) is 0. The monoisotopic (exact) mass is 327 g/mol. The largest absolute Gasteiger partial charge is 0.310 e. The zero-order valence-electron chi connectivity index (χ0n) is 11.5. The highest BCUT2D eigenvalue weighted by Gasteiger charge is 2.15. The molecule has 1 nitrogen and oxygen atoms in total. The first kappa shape index (κ1) is 15.8. The summed E-state index contributed by atoms with van der Waals surface area (Å²) in [6.07, 6.45) is 3.18. The Kier molecular flexibility index (Phi) is 6.37. The van der Waals surface area contributed by atoms with Crippen LogP contribution in [0.15, 0.2) is 35.0 Å². The van der Waals surface area contributed by atoms with Crippen LogP contribution in [0.25, 0.3) is 0 Å². The van der Waals surface area contributed by atoms with Gasteiger partial charge in [0.25, 0.3) is 0 Å². The summed E-state index contributed by atoms with van der Waals surface area (Å²) >= 11 is 14.2. The van der Waals surface area contributed by atoms with Gasteiger partial charge in [-0.1, -0.05) is 42.3 Å². The Labute approximate surface area is 134 Å². The van der Waals surface area contributed by atoms with Gasteiger partial charge >= 0.3 is 0 Å². The second kappa shape index (κ2) is 8.04. The minimum atomic E-state index is 0.251. The third-order valence-corrected chi connectivity index (χ3v) is 4.86. The van der Waals surface area contributed by atoms with Gasteiger partial charge in [0.05, 0.1) is 10.0 Å². The van der Waals surface area contributed by atoms with Crippen molar-refractivity contribution in [1.82, 2.24) is 5.32 Å². The highest BCUT2D eigenvalue weighted by Crippen LogP contribution is 2.32. The lowest BCUT2D eigenvalue weighted by atomic mass is 10.00. The first-order chi connectivity index (χ1) is 9.72. The number of rotatable bonds is 7. The van der Waals surface area contributed by atoms with Crippen molar-refractivity contribution in [2.24, 2.45) is 0 Å². The van der Waals surface area contributed by atoms with E-state index in [0.717, 1.165) is 31.4 Å². The molecule has 20 heavy (non-hydrogen) atoms. The number of benzene rings is 1. The van der Waals surface area contributed by atoms with Gasteiger partial charge in [-0.25, -0.2) is 0 Å². The lowest BCUT2D eigenvalue weighted by molar-refractivity contribution is 0.500. The fraction of sp³-hybridized carbons (Fsp3) is 0.375. The minimum absolute atomic E-state index is 0.251. The highest BCUT2D eigenvalue weighted by atomic mass is 35.5. The first-order valence-corrected chi connectivity index (χ1v) is 8.60. The average Bonchev–Trinajstić information content (AvgIpc) is 2.96. The smallest absolute Gasteiger partial charge is 0.0640 e. The molecule has 0 amide bonds. The summed E-state index contributed by atoms with van der Waals surface area (Å²) in [5.74, 6) is 0. The molecule has 1 heterocycles. The van der Waals surface area contributed by atoms with E-state index in [9.17, 15) is 0 Å². The molecule has 1 N–H and O–H groups in total. The van der Waals surface area contributed by atoms with Crippen LogP contribution >= 0.6 is 34.5 Å². The average molecular weight is 328 g/mol. The van der Waals surface area contributed by atoms with E-state index >= 15 is 0 Å². The van der Waals surface area contributed by atoms with Gasteiger partial charge in [-0.3, -0.25) is 0 Å². The van der Waals surface area contributed by atoms with E-state index in [1.807, 2.05) is 12.1 Å². The van der Waals surface area contributed by atoms with Gasteiger partial charge in [0, 0.05) is 6.04 Å². The Morgan fingerprint density at radius 3 is 2.80 bits per heavy atom. The third-order valence-electron chi connectivity index (χ3n) is 3.30. The van der Waals surface area contributed by atoms with Crippen LogP contribution in [0.4, 0.5) is 0 Å². The molecule has 0 aliphatic rings. The molecule has 0 spiro atoms. The van der Waals surface area contributed by atoms with Crippen LogP contribution in [-0.4, -0.2) is 6.54 Å². The summed E-state index contributed by atoms with van der Waals surface area (Å²) in [6.45, 7) is 3.15. The second-order valence-corrected chi connectivity index (χ2v) is 6.39. The van der Waals surface area contributed by atoms with Gasteiger partial charge in [0.2, 0.25) is 0 Å². The van der Waals surface area contributed by atoms with Crippen LogP contribution in [0.3, 0.4) is 0 Å². The van der Waals surface area contributed by atoms with E-state index in [1.54, 1.807) is 11.3 Å². The maximum Gasteiger partial charge on any atom is 0.0640 e. The minimum Gasteiger partial charge on any atom is -0.310 e. The molecule has 0 saturated carbocycles. The molecule has 1 atom stereocenters. The maximum atomic E-state index is 6.36. The summed E-state index contributed by atoms with van der Waals surface area (Å²) in [5, 5.41) is 9.20. The molecular formula is C16H19Cl2NS. The number of thiophene rings is 1. The van der Waals surface area contributed by atoms with Crippen molar-refractivity contribution in [2.75, 3.05) is 6.54 Å². The fourth-order valence-corrected chi connectivity index (χ4v) is 3.36. The van der Waals surface area contributed by atoms with Crippen LogP contribution in [0.1, 0.15) is 36.9 Å². The summed E-state index contributed by atoms with van der Waals surface area (Å²) in [6, 6.07) is 8.30. The van der Waals surface area contributed by atoms with Crippen LogP contribution in [0.5, 0.6) is 0 Å². The number of halogens is 2. The van der Waals surface area contributed by atoms with Crippen molar-refractivity contribution < 1.29 is 0 Å². The number of hydrogen-bond acceptors (Lipinski definition) is 2. The molecule has 0 saturated heterocycles. The van der Waals surface area contributed by atoms with Crippen molar-refractivity contribution in [3.8, 4) is 0 Å². The van der Waals surface area contributed by atoms with Crippen LogP contribution in [0.2, 0.25) is 10.0 Å². The van der Waals surface area contributed by atoms with E-state index < -0.39 is 0 Å². The predicted octanol–water partition coefficient (Wildman–Crippen LogP) is 5.73. The molecule has 1 unspecified atom stereocenters. The van der Waals surface area contributed by atoms with Crippen molar-refractivity contribution in [3.05, 3.63) is 56.2 Å². The molecule has 0 bridgehead atoms. The first-order valence-electron chi connectivity index (χ1n) is 6.90. The normalized spacial score (nSPS) is 12.6. The van der Waals surface area contributed by atoms with Gasteiger partial charge in [-0.05, 0) is 59.8 Å². The van der Waals surface area contributed by atoms with Crippen LogP contribution in [-0.2, 0) is 6.42 Å². The summed E-state index contributed by atoms with van der Waals surface area (Å²) < 4.78 is 0. The quantitative estimate of drug-likeness (QED) is 0.684. The van der Waals surface area contributed by atoms with Gasteiger partial charge in [-0.2, -0.15) is 11.3 Å². The molecule has 108 valence electrons. The maximum absolute atomic E-state index is 6.36. The van der Waals surface area contributed by atoms with Gasteiger partial charge in [0.1, 0.15) is 0 Å². The number of hydrogen-bond donors (Lipinski definition) is 1. The van der Waals surface area contributed by atoms with Gasteiger partial charge in [0.15, 0.2) is 0 Å². The highest BCUT2D eigenvalue weighted by molar-refractivity contribution is 7.07. The zero-order valence-corrected chi connectivity index (χ0v) is 13.9. The molecular weight excluding hydrogens is 309 g/mol. The van der Waals surface area contributed by atoms with E-state index in [2.05, 4.69) is 35.1 Å². The SMILES string of the molecule is CCCNC(CCc1ccsc1)c1cccc(Cl)c1Cl. The second-order valence-electron chi connectivity index (χ2n) is 4.82. The van der Waals surface area contributed by atoms with Crippen molar-refractivity contribution in [2.45, 2.75) is 32.2 Å². The standard InChI is InChI=1S/C16H19Cl2NS/c1-2-9-19-15(7-6-12-8-10-20-11-12)13-4-3-5-14(17)16(13)18/h3-5,8,10-11,15,19H,2,6-7,9H2,1H3. The fourth-order valence-electron chi connectivity index (χ4n) is 2.22.